The van der Waals surface area contributed by atoms with Gasteiger partial charge in [-0.3, -0.25) is 0 Å². The van der Waals surface area contributed by atoms with E-state index in [-0.39, 0.29) is 5.63 Å². The monoisotopic (exact) mass is 541 g/mol. The van der Waals surface area contributed by atoms with Crippen LogP contribution < -0.4 is 5.63 Å². The van der Waals surface area contributed by atoms with E-state index in [2.05, 4.69) is 109 Å². The predicted molar refractivity (Wildman–Crippen MR) is 175 cm³/mol. The highest BCUT2D eigenvalue weighted by atomic mass is 16.4. The summed E-state index contributed by atoms with van der Waals surface area (Å²) in [6, 6.07) is 44.2. The Morgan fingerprint density at radius 3 is 2.10 bits per heavy atom. The fourth-order valence-corrected chi connectivity index (χ4v) is 6.54. The maximum absolute atomic E-state index is 12.7. The standard InChI is InChI=1S/C39H27NO2/c1-24-11-3-4-14-28(24)33-23-34-30-15-7-8-19-35(30)40(36(34)21-25(33)2)27-13-9-12-26(22-27)29-18-10-20-37-38(29)31-16-5-6-17-32(31)39(41)42-37/h3-23H,1-2H3. The van der Waals surface area contributed by atoms with E-state index in [1.807, 2.05) is 36.4 Å². The number of hydrogen-bond donors (Lipinski definition) is 0. The molecule has 2 aromatic heterocycles. The molecule has 6 aromatic carbocycles. The van der Waals surface area contributed by atoms with Gasteiger partial charge in [-0.15, -0.1) is 0 Å². The second kappa shape index (κ2) is 9.32. The smallest absolute Gasteiger partial charge is 0.344 e. The van der Waals surface area contributed by atoms with Gasteiger partial charge in [-0.25, -0.2) is 4.79 Å². The summed E-state index contributed by atoms with van der Waals surface area (Å²) in [7, 11) is 0. The topological polar surface area (TPSA) is 35.1 Å². The summed E-state index contributed by atoms with van der Waals surface area (Å²) in [5.74, 6) is 0. The molecule has 0 saturated carbocycles. The van der Waals surface area contributed by atoms with Gasteiger partial charge in [-0.1, -0.05) is 84.9 Å². The van der Waals surface area contributed by atoms with E-state index in [9.17, 15) is 4.79 Å². The van der Waals surface area contributed by atoms with Crippen molar-refractivity contribution in [1.29, 1.82) is 0 Å². The van der Waals surface area contributed by atoms with Gasteiger partial charge in [-0.2, -0.15) is 0 Å². The Labute approximate surface area is 242 Å². The Balaban J connectivity index is 1.39. The van der Waals surface area contributed by atoms with Crippen LogP contribution in [0.15, 0.2) is 137 Å². The van der Waals surface area contributed by atoms with Gasteiger partial charge in [0.15, 0.2) is 0 Å². The SMILES string of the molecule is Cc1ccccc1-c1cc2c3ccccc3n(-c3cccc(-c4cccc5oc(=O)c6ccccc6c45)c3)c2cc1C. The molecule has 0 unspecified atom stereocenters. The molecule has 0 aliphatic carbocycles. The fraction of sp³-hybridized carbons (Fsp3) is 0.0513. The molecule has 0 saturated heterocycles. The van der Waals surface area contributed by atoms with Gasteiger partial charge in [0.25, 0.3) is 0 Å². The normalized spacial score (nSPS) is 11.7. The summed E-state index contributed by atoms with van der Waals surface area (Å²) in [6.07, 6.45) is 0. The molecule has 3 heteroatoms. The second-order valence-corrected chi connectivity index (χ2v) is 11.0. The van der Waals surface area contributed by atoms with Crippen LogP contribution in [-0.2, 0) is 0 Å². The maximum Gasteiger partial charge on any atom is 0.344 e. The average Bonchev–Trinajstić information content (AvgIpc) is 3.34. The minimum atomic E-state index is -0.310. The van der Waals surface area contributed by atoms with Gasteiger partial charge in [-0.05, 0) is 89.7 Å². The molecular formula is C39H27NO2. The highest BCUT2D eigenvalue weighted by Crippen LogP contribution is 2.39. The molecule has 8 rings (SSSR count). The summed E-state index contributed by atoms with van der Waals surface area (Å²) in [4.78, 5) is 12.7. The van der Waals surface area contributed by atoms with Crippen LogP contribution in [0.3, 0.4) is 0 Å². The van der Waals surface area contributed by atoms with Gasteiger partial charge in [0.05, 0.1) is 16.4 Å². The predicted octanol–water partition coefficient (Wildman–Crippen LogP) is 9.99. The van der Waals surface area contributed by atoms with Crippen LogP contribution in [0.25, 0.3) is 71.5 Å². The third kappa shape index (κ3) is 3.64. The molecule has 0 aliphatic heterocycles. The Bertz CT molecular complexity index is 2410. The molecule has 0 spiro atoms. The van der Waals surface area contributed by atoms with Crippen LogP contribution in [0.1, 0.15) is 11.1 Å². The first kappa shape index (κ1) is 24.4. The van der Waals surface area contributed by atoms with Crippen molar-refractivity contribution in [2.75, 3.05) is 0 Å². The zero-order valence-electron chi connectivity index (χ0n) is 23.4. The Morgan fingerprint density at radius 1 is 0.524 bits per heavy atom. The van der Waals surface area contributed by atoms with Crippen molar-refractivity contribution in [1.82, 2.24) is 4.57 Å². The van der Waals surface area contributed by atoms with E-state index in [1.54, 1.807) is 0 Å². The molecular weight excluding hydrogens is 514 g/mol. The van der Waals surface area contributed by atoms with E-state index in [1.165, 1.54) is 44.1 Å². The molecule has 8 aromatic rings. The highest BCUT2D eigenvalue weighted by molar-refractivity contribution is 6.13. The fourth-order valence-electron chi connectivity index (χ4n) is 6.54. The van der Waals surface area contributed by atoms with Crippen LogP contribution in [0, 0.1) is 13.8 Å². The van der Waals surface area contributed by atoms with Gasteiger partial charge < -0.3 is 8.98 Å². The van der Waals surface area contributed by atoms with E-state index < -0.39 is 0 Å². The molecule has 0 N–H and O–H groups in total. The lowest BCUT2D eigenvalue weighted by molar-refractivity contribution is 0.570. The number of rotatable bonds is 3. The van der Waals surface area contributed by atoms with E-state index in [4.69, 9.17) is 4.42 Å². The average molecular weight is 542 g/mol. The highest BCUT2D eigenvalue weighted by Gasteiger charge is 2.17. The van der Waals surface area contributed by atoms with Gasteiger partial charge in [0, 0.05) is 27.2 Å². The van der Waals surface area contributed by atoms with Gasteiger partial charge >= 0.3 is 5.63 Å². The number of hydrogen-bond acceptors (Lipinski definition) is 2. The van der Waals surface area contributed by atoms with Crippen molar-refractivity contribution in [2.24, 2.45) is 0 Å². The first-order chi connectivity index (χ1) is 20.6. The van der Waals surface area contributed by atoms with Gasteiger partial charge in [0.1, 0.15) is 5.58 Å². The van der Waals surface area contributed by atoms with E-state index in [0.29, 0.717) is 11.0 Å². The van der Waals surface area contributed by atoms with Crippen molar-refractivity contribution < 1.29 is 4.42 Å². The largest absolute Gasteiger partial charge is 0.422 e. The van der Waals surface area contributed by atoms with Crippen molar-refractivity contribution in [2.45, 2.75) is 13.8 Å². The Hall–Kier alpha value is -5.41. The summed E-state index contributed by atoms with van der Waals surface area (Å²) in [5, 5.41) is 4.91. The number of aryl methyl sites for hydroxylation is 2. The van der Waals surface area contributed by atoms with Crippen molar-refractivity contribution in [3.05, 3.63) is 149 Å². The number of fused-ring (bicyclic) bond motifs is 6. The molecule has 200 valence electrons. The molecule has 0 fully saturated rings. The Morgan fingerprint density at radius 2 is 1.24 bits per heavy atom. The molecule has 0 bridgehead atoms. The molecule has 0 atom stereocenters. The number of nitrogens with zero attached hydrogens (tertiary/aromatic N) is 1. The number of para-hydroxylation sites is 1. The summed E-state index contributed by atoms with van der Waals surface area (Å²) < 4.78 is 8.13. The molecule has 0 aliphatic rings. The van der Waals surface area contributed by atoms with E-state index >= 15 is 0 Å². The van der Waals surface area contributed by atoms with Crippen molar-refractivity contribution >= 4 is 43.5 Å². The van der Waals surface area contributed by atoms with Gasteiger partial charge in [0.2, 0.25) is 0 Å². The molecule has 3 nitrogen and oxygen atoms in total. The quantitative estimate of drug-likeness (QED) is 0.165. The van der Waals surface area contributed by atoms with Crippen LogP contribution in [0.5, 0.6) is 0 Å². The van der Waals surface area contributed by atoms with Crippen molar-refractivity contribution in [3.8, 4) is 27.9 Å². The number of aromatic nitrogens is 1. The maximum atomic E-state index is 12.7. The minimum Gasteiger partial charge on any atom is -0.422 e. The minimum absolute atomic E-state index is 0.310. The van der Waals surface area contributed by atoms with Crippen LogP contribution in [0.2, 0.25) is 0 Å². The lowest BCUT2D eigenvalue weighted by Crippen LogP contribution is -2.00. The molecule has 0 radical (unpaired) electrons. The van der Waals surface area contributed by atoms with E-state index in [0.717, 1.165) is 27.6 Å². The molecule has 0 amide bonds. The lowest BCUT2D eigenvalue weighted by Gasteiger charge is -2.14. The summed E-state index contributed by atoms with van der Waals surface area (Å²) in [6.45, 7) is 4.38. The van der Waals surface area contributed by atoms with Crippen LogP contribution >= 0.6 is 0 Å². The second-order valence-electron chi connectivity index (χ2n) is 11.0. The van der Waals surface area contributed by atoms with Crippen LogP contribution in [0.4, 0.5) is 0 Å². The molecule has 42 heavy (non-hydrogen) atoms. The zero-order chi connectivity index (χ0) is 28.4. The first-order valence-electron chi connectivity index (χ1n) is 14.2. The van der Waals surface area contributed by atoms with Crippen molar-refractivity contribution in [3.63, 3.8) is 0 Å². The number of benzene rings is 6. The zero-order valence-corrected chi connectivity index (χ0v) is 23.4. The Kier molecular flexibility index (Phi) is 5.41. The third-order valence-electron chi connectivity index (χ3n) is 8.51. The first-order valence-corrected chi connectivity index (χ1v) is 14.2. The summed E-state index contributed by atoms with van der Waals surface area (Å²) in [5.41, 5.74) is 10.9. The van der Waals surface area contributed by atoms with Crippen LogP contribution in [-0.4, -0.2) is 4.57 Å². The summed E-state index contributed by atoms with van der Waals surface area (Å²) >= 11 is 0. The lowest BCUT2D eigenvalue weighted by atomic mass is 9.95. The molecule has 2 heterocycles. The third-order valence-corrected chi connectivity index (χ3v) is 8.51.